The van der Waals surface area contributed by atoms with E-state index in [2.05, 4.69) is 14.9 Å². The van der Waals surface area contributed by atoms with E-state index in [1.54, 1.807) is 35.6 Å². The molecule has 2 aromatic rings. The summed E-state index contributed by atoms with van der Waals surface area (Å²) in [6.45, 7) is 2.20. The number of benzene rings is 1. The first-order chi connectivity index (χ1) is 12.1. The Morgan fingerprint density at radius 3 is 2.80 bits per heavy atom. The number of nitrogens with zero attached hydrogens (tertiary/aromatic N) is 4. The Hall–Kier alpha value is -2.54. The van der Waals surface area contributed by atoms with Gasteiger partial charge < -0.3 is 14.9 Å². The summed E-state index contributed by atoms with van der Waals surface area (Å²) in [5, 5.41) is 10.0. The minimum atomic E-state index is -0.510. The van der Waals surface area contributed by atoms with Crippen LogP contribution in [-0.2, 0) is 0 Å². The molecule has 0 bridgehead atoms. The number of rotatable bonds is 3. The highest BCUT2D eigenvalue weighted by Gasteiger charge is 2.53. The summed E-state index contributed by atoms with van der Waals surface area (Å²) in [4.78, 5) is 24.8. The van der Waals surface area contributed by atoms with Gasteiger partial charge in [0.05, 0.1) is 18.4 Å². The number of carbonyl (C=O) groups is 1. The van der Waals surface area contributed by atoms with E-state index in [4.69, 9.17) is 0 Å². The van der Waals surface area contributed by atoms with E-state index in [-0.39, 0.29) is 24.0 Å². The summed E-state index contributed by atoms with van der Waals surface area (Å²) in [6, 6.07) is 6.02. The molecule has 2 saturated heterocycles. The third kappa shape index (κ3) is 2.64. The van der Waals surface area contributed by atoms with Crippen molar-refractivity contribution in [3.63, 3.8) is 0 Å². The molecule has 1 N–H and O–H groups in total. The molecule has 1 amide bonds. The van der Waals surface area contributed by atoms with Gasteiger partial charge in [0.15, 0.2) is 0 Å². The van der Waals surface area contributed by atoms with E-state index >= 15 is 0 Å². The van der Waals surface area contributed by atoms with Crippen LogP contribution in [0.1, 0.15) is 10.4 Å². The summed E-state index contributed by atoms with van der Waals surface area (Å²) in [5.74, 6) is 0.0714. The first kappa shape index (κ1) is 16.0. The molecular formula is C18H19FN4O2. The van der Waals surface area contributed by atoms with Gasteiger partial charge in [0.1, 0.15) is 11.6 Å². The van der Waals surface area contributed by atoms with E-state index in [9.17, 15) is 14.3 Å². The predicted molar refractivity (Wildman–Crippen MR) is 89.6 cm³/mol. The van der Waals surface area contributed by atoms with Gasteiger partial charge in [0, 0.05) is 49.9 Å². The second kappa shape index (κ2) is 6.07. The number of aliphatic hydroxyl groups is 1. The van der Waals surface area contributed by atoms with E-state index in [1.807, 2.05) is 0 Å². The van der Waals surface area contributed by atoms with Crippen molar-refractivity contribution in [2.45, 2.75) is 0 Å². The lowest BCUT2D eigenvalue weighted by Gasteiger charge is -2.27. The van der Waals surface area contributed by atoms with Gasteiger partial charge in [-0.25, -0.2) is 9.37 Å². The van der Waals surface area contributed by atoms with E-state index in [0.717, 1.165) is 5.82 Å². The van der Waals surface area contributed by atoms with Crippen molar-refractivity contribution < 1.29 is 14.3 Å². The maximum Gasteiger partial charge on any atom is 0.256 e. The average molecular weight is 342 g/mol. The number of anilines is 1. The first-order valence-corrected chi connectivity index (χ1v) is 8.28. The topological polar surface area (TPSA) is 69.6 Å². The van der Waals surface area contributed by atoms with Crippen LogP contribution in [0.15, 0.2) is 42.9 Å². The number of aromatic nitrogens is 2. The number of likely N-dealkylation sites (tertiary alicyclic amines) is 1. The van der Waals surface area contributed by atoms with Crippen LogP contribution in [0, 0.1) is 17.2 Å². The zero-order chi connectivity index (χ0) is 17.4. The predicted octanol–water partition coefficient (Wildman–Crippen LogP) is 1.19. The van der Waals surface area contributed by atoms with Gasteiger partial charge in [-0.2, -0.15) is 0 Å². The average Bonchev–Trinajstić information content (AvgIpc) is 3.17. The van der Waals surface area contributed by atoms with Crippen molar-refractivity contribution >= 4 is 11.7 Å². The number of halogens is 1. The summed E-state index contributed by atoms with van der Waals surface area (Å²) in [6.07, 6.45) is 4.97. The smallest absolute Gasteiger partial charge is 0.256 e. The normalized spacial score (nSPS) is 25.3. The molecule has 7 heteroatoms. The Morgan fingerprint density at radius 1 is 1.28 bits per heavy atom. The molecular weight excluding hydrogens is 323 g/mol. The minimum Gasteiger partial charge on any atom is -0.396 e. The minimum absolute atomic E-state index is 0.0184. The van der Waals surface area contributed by atoms with Crippen molar-refractivity contribution in [1.29, 1.82) is 0 Å². The molecule has 2 fully saturated rings. The molecule has 2 aliphatic rings. The van der Waals surface area contributed by atoms with E-state index in [0.29, 0.717) is 26.2 Å². The molecule has 2 aliphatic heterocycles. The van der Waals surface area contributed by atoms with Gasteiger partial charge in [-0.3, -0.25) is 9.78 Å². The molecule has 1 aromatic carbocycles. The second-order valence-corrected chi connectivity index (χ2v) is 6.83. The SMILES string of the molecule is O=C(c1ccccc1F)N1CC2CN(c3cnccn3)CC2(CO)C1. The monoisotopic (exact) mass is 342 g/mol. The lowest BCUT2D eigenvalue weighted by Crippen LogP contribution is -2.39. The number of amides is 1. The number of hydrogen-bond acceptors (Lipinski definition) is 5. The number of aliphatic hydroxyl groups excluding tert-OH is 1. The zero-order valence-electron chi connectivity index (χ0n) is 13.7. The maximum absolute atomic E-state index is 13.9. The standard InChI is InChI=1S/C18H19FN4O2/c19-15-4-2-1-3-14(15)17(25)23-9-13-8-22(10-18(13,11-23)12-24)16-7-20-5-6-21-16/h1-7,13,24H,8-12H2. The van der Waals surface area contributed by atoms with Gasteiger partial charge in [0.25, 0.3) is 5.91 Å². The highest BCUT2D eigenvalue weighted by molar-refractivity contribution is 5.94. The molecule has 130 valence electrons. The molecule has 0 radical (unpaired) electrons. The fourth-order valence-electron chi connectivity index (χ4n) is 3.99. The zero-order valence-corrected chi connectivity index (χ0v) is 13.7. The maximum atomic E-state index is 13.9. The van der Waals surface area contributed by atoms with Crippen LogP contribution in [0.3, 0.4) is 0 Å². The Bertz CT molecular complexity index is 788. The van der Waals surface area contributed by atoms with Crippen molar-refractivity contribution in [3.8, 4) is 0 Å². The summed E-state index contributed by atoms with van der Waals surface area (Å²) >= 11 is 0. The Morgan fingerprint density at radius 2 is 2.12 bits per heavy atom. The molecule has 2 unspecified atom stereocenters. The van der Waals surface area contributed by atoms with Gasteiger partial charge in [-0.05, 0) is 12.1 Å². The van der Waals surface area contributed by atoms with Gasteiger partial charge in [-0.1, -0.05) is 12.1 Å². The van der Waals surface area contributed by atoms with E-state index in [1.165, 1.54) is 12.1 Å². The summed E-state index contributed by atoms with van der Waals surface area (Å²) < 4.78 is 13.9. The van der Waals surface area contributed by atoms with Crippen LogP contribution in [0.5, 0.6) is 0 Å². The third-order valence-corrected chi connectivity index (χ3v) is 5.34. The van der Waals surface area contributed by atoms with Crippen LogP contribution >= 0.6 is 0 Å². The van der Waals surface area contributed by atoms with Gasteiger partial charge >= 0.3 is 0 Å². The number of fused-ring (bicyclic) bond motifs is 1. The molecule has 0 saturated carbocycles. The fourth-order valence-corrected chi connectivity index (χ4v) is 3.99. The summed E-state index contributed by atoms with van der Waals surface area (Å²) in [5.41, 5.74) is -0.320. The number of carbonyl (C=O) groups excluding carboxylic acids is 1. The highest BCUT2D eigenvalue weighted by Crippen LogP contribution is 2.43. The lowest BCUT2D eigenvalue weighted by molar-refractivity contribution is 0.0743. The first-order valence-electron chi connectivity index (χ1n) is 8.28. The van der Waals surface area contributed by atoms with Crippen LogP contribution < -0.4 is 4.90 Å². The molecule has 2 atom stereocenters. The van der Waals surface area contributed by atoms with Crippen molar-refractivity contribution in [3.05, 3.63) is 54.2 Å². The van der Waals surface area contributed by atoms with Gasteiger partial charge in [0.2, 0.25) is 0 Å². The van der Waals surface area contributed by atoms with Crippen molar-refractivity contribution in [2.75, 3.05) is 37.7 Å². The van der Waals surface area contributed by atoms with Crippen LogP contribution in [0.25, 0.3) is 0 Å². The summed E-state index contributed by atoms with van der Waals surface area (Å²) in [7, 11) is 0. The molecule has 4 rings (SSSR count). The Balaban J connectivity index is 1.54. The van der Waals surface area contributed by atoms with Crippen molar-refractivity contribution in [2.24, 2.45) is 11.3 Å². The van der Waals surface area contributed by atoms with Crippen LogP contribution in [-0.4, -0.2) is 58.7 Å². The van der Waals surface area contributed by atoms with Crippen LogP contribution in [0.4, 0.5) is 10.2 Å². The van der Waals surface area contributed by atoms with Crippen molar-refractivity contribution in [1.82, 2.24) is 14.9 Å². The Kier molecular flexibility index (Phi) is 3.88. The van der Waals surface area contributed by atoms with Crippen LogP contribution in [0.2, 0.25) is 0 Å². The van der Waals surface area contributed by atoms with Gasteiger partial charge in [-0.15, -0.1) is 0 Å². The largest absolute Gasteiger partial charge is 0.396 e. The van der Waals surface area contributed by atoms with E-state index < -0.39 is 11.2 Å². The second-order valence-electron chi connectivity index (χ2n) is 6.83. The number of hydrogen-bond donors (Lipinski definition) is 1. The third-order valence-electron chi connectivity index (χ3n) is 5.34. The quantitative estimate of drug-likeness (QED) is 0.907. The molecule has 25 heavy (non-hydrogen) atoms. The molecule has 0 aliphatic carbocycles. The fraction of sp³-hybridized carbons (Fsp3) is 0.389. The molecule has 6 nitrogen and oxygen atoms in total. The molecule has 3 heterocycles. The Labute approximate surface area is 144 Å². The molecule has 0 spiro atoms. The molecule has 1 aromatic heterocycles. The highest BCUT2D eigenvalue weighted by atomic mass is 19.1. The lowest BCUT2D eigenvalue weighted by atomic mass is 9.82.